The second kappa shape index (κ2) is 25.6. The highest BCUT2D eigenvalue weighted by molar-refractivity contribution is 5.75. The number of allylic oxidation sites excluding steroid dienone is 5. The van der Waals surface area contributed by atoms with Crippen molar-refractivity contribution in [3.63, 3.8) is 0 Å². The molecule has 0 aliphatic carbocycles. The highest BCUT2D eigenvalue weighted by Gasteiger charge is 2.53. The topological polar surface area (TPSA) is 307 Å². The SMILES string of the molecule is CCCC/C=C/CC/C=C/CC/C=C/C(O)C(COC1OC(CO)C(OC2OC(CO)C(OC3OC(CO)C(O)C(O)C3O)C(O)C2O)C(O)C1O)NC(=O)CC. The van der Waals surface area contributed by atoms with Gasteiger partial charge in [-0.2, -0.15) is 0 Å². The summed E-state index contributed by atoms with van der Waals surface area (Å²) in [6, 6.07) is -0.987. The molecule has 3 fully saturated rings. The van der Waals surface area contributed by atoms with E-state index in [0.29, 0.717) is 6.42 Å². The number of carbonyl (C=O) groups is 1. The summed E-state index contributed by atoms with van der Waals surface area (Å²) in [6.45, 7) is 0.971. The first kappa shape index (κ1) is 49.4. The van der Waals surface area contributed by atoms with Gasteiger partial charge in [0.1, 0.15) is 73.2 Å². The van der Waals surface area contributed by atoms with E-state index in [1.165, 1.54) is 18.9 Å². The lowest BCUT2D eigenvalue weighted by Crippen LogP contribution is -2.66. The van der Waals surface area contributed by atoms with E-state index in [0.717, 1.165) is 25.7 Å². The average Bonchev–Trinajstić information content (AvgIpc) is 3.21. The molecule has 57 heavy (non-hydrogen) atoms. The zero-order valence-corrected chi connectivity index (χ0v) is 32.5. The molecule has 0 aromatic heterocycles. The van der Waals surface area contributed by atoms with Crippen LogP contribution in [0.1, 0.15) is 65.2 Å². The van der Waals surface area contributed by atoms with Crippen molar-refractivity contribution in [2.24, 2.45) is 0 Å². The average molecular weight is 824 g/mol. The van der Waals surface area contributed by atoms with Crippen LogP contribution in [-0.2, 0) is 33.2 Å². The third kappa shape index (κ3) is 14.3. The molecule has 3 saturated heterocycles. The van der Waals surface area contributed by atoms with Crippen molar-refractivity contribution in [1.29, 1.82) is 0 Å². The molecule has 3 aliphatic rings. The van der Waals surface area contributed by atoms with E-state index < -0.39 is 124 Å². The number of ether oxygens (including phenoxy) is 6. The van der Waals surface area contributed by atoms with Crippen molar-refractivity contribution >= 4 is 5.91 Å². The fourth-order valence-electron chi connectivity index (χ4n) is 6.46. The number of unbranched alkanes of at least 4 members (excludes halogenated alkanes) is 4. The predicted octanol–water partition coefficient (Wildman–Crippen LogP) is -2.87. The van der Waals surface area contributed by atoms with Crippen LogP contribution in [0.2, 0.25) is 0 Å². The zero-order valence-electron chi connectivity index (χ0n) is 32.5. The van der Waals surface area contributed by atoms with E-state index in [2.05, 4.69) is 36.5 Å². The lowest BCUT2D eigenvalue weighted by molar-refractivity contribution is -0.379. The molecule has 0 aromatic rings. The highest BCUT2D eigenvalue weighted by atomic mass is 16.8. The maximum atomic E-state index is 12.3. The number of rotatable bonds is 23. The van der Waals surface area contributed by atoms with Crippen molar-refractivity contribution in [1.82, 2.24) is 5.32 Å². The van der Waals surface area contributed by atoms with Crippen LogP contribution in [0, 0.1) is 0 Å². The Morgan fingerprint density at radius 1 is 0.614 bits per heavy atom. The Balaban J connectivity index is 1.57. The Bertz CT molecular complexity index is 1220. The number of carbonyl (C=O) groups excluding carboxylic acids is 1. The van der Waals surface area contributed by atoms with E-state index in [1.807, 2.05) is 0 Å². The minimum absolute atomic E-state index is 0.111. The standard InChI is InChI=1S/C38H65NO18/c1-3-5-6-7-8-9-10-11-12-13-14-15-16-22(43)21(39-26(44)4-2)20-52-36-32(50)29(47)34(24(18-41)54-36)57-38-33(51)30(48)35(25(19-42)55-38)56-37-31(49)28(46)27(45)23(17-40)53-37/h7-8,11-12,15-16,21-25,27-38,40-43,45-51H,3-6,9-10,13-14,17-20H2,1-2H3,(H,39,44)/b8-7+,12-11+,16-15+. The molecule has 19 nitrogen and oxygen atoms in total. The van der Waals surface area contributed by atoms with E-state index in [9.17, 15) is 61.0 Å². The quantitative estimate of drug-likeness (QED) is 0.0364. The lowest BCUT2D eigenvalue weighted by atomic mass is 9.96. The molecule has 0 bridgehead atoms. The molecule has 3 heterocycles. The molecule has 0 saturated carbocycles. The maximum absolute atomic E-state index is 12.3. The number of aliphatic hydroxyl groups excluding tert-OH is 11. The lowest BCUT2D eigenvalue weighted by Gasteiger charge is -2.48. The molecular formula is C38H65NO18. The van der Waals surface area contributed by atoms with Crippen LogP contribution >= 0.6 is 0 Å². The molecule has 17 atom stereocenters. The minimum Gasteiger partial charge on any atom is -0.394 e. The second-order valence-electron chi connectivity index (χ2n) is 14.3. The molecule has 0 radical (unpaired) electrons. The van der Waals surface area contributed by atoms with Crippen molar-refractivity contribution in [2.75, 3.05) is 26.4 Å². The molecule has 3 rings (SSSR count). The van der Waals surface area contributed by atoms with Crippen LogP contribution in [0.15, 0.2) is 36.5 Å². The summed E-state index contributed by atoms with van der Waals surface area (Å²) in [5.74, 6) is -0.384. The van der Waals surface area contributed by atoms with E-state index in [1.54, 1.807) is 13.0 Å². The Hall–Kier alpha value is -1.99. The van der Waals surface area contributed by atoms with Crippen LogP contribution in [0.3, 0.4) is 0 Å². The Kier molecular flexibility index (Phi) is 22.2. The van der Waals surface area contributed by atoms with Crippen LogP contribution in [0.4, 0.5) is 0 Å². The third-order valence-corrected chi connectivity index (χ3v) is 9.98. The number of amides is 1. The van der Waals surface area contributed by atoms with Gasteiger partial charge in [0, 0.05) is 6.42 Å². The molecule has 0 spiro atoms. The van der Waals surface area contributed by atoms with Gasteiger partial charge in [-0.25, -0.2) is 0 Å². The first-order valence-electron chi connectivity index (χ1n) is 19.7. The van der Waals surface area contributed by atoms with Gasteiger partial charge in [0.05, 0.1) is 38.6 Å². The minimum atomic E-state index is -1.98. The van der Waals surface area contributed by atoms with E-state index in [4.69, 9.17) is 28.4 Å². The van der Waals surface area contributed by atoms with Crippen molar-refractivity contribution < 1.29 is 89.4 Å². The monoisotopic (exact) mass is 823 g/mol. The number of hydrogen-bond donors (Lipinski definition) is 12. The van der Waals surface area contributed by atoms with E-state index in [-0.39, 0.29) is 18.9 Å². The largest absolute Gasteiger partial charge is 0.394 e. The molecule has 12 N–H and O–H groups in total. The number of aliphatic hydroxyl groups is 11. The molecule has 0 aromatic carbocycles. The molecule has 1 amide bonds. The molecular weight excluding hydrogens is 758 g/mol. The normalized spacial score (nSPS) is 37.6. The smallest absolute Gasteiger partial charge is 0.220 e. The van der Waals surface area contributed by atoms with Gasteiger partial charge in [0.2, 0.25) is 5.91 Å². The highest BCUT2D eigenvalue weighted by Crippen LogP contribution is 2.32. The fourth-order valence-corrected chi connectivity index (χ4v) is 6.46. The van der Waals surface area contributed by atoms with Crippen molar-refractivity contribution in [3.05, 3.63) is 36.5 Å². The zero-order chi connectivity index (χ0) is 42.1. The molecule has 17 unspecified atom stereocenters. The summed E-state index contributed by atoms with van der Waals surface area (Å²) in [5.41, 5.74) is 0. The summed E-state index contributed by atoms with van der Waals surface area (Å²) in [6.07, 6.45) is -8.17. The van der Waals surface area contributed by atoms with Gasteiger partial charge in [0.25, 0.3) is 0 Å². The first-order valence-corrected chi connectivity index (χ1v) is 19.7. The number of nitrogens with one attached hydrogen (secondary N) is 1. The second-order valence-corrected chi connectivity index (χ2v) is 14.3. The molecule has 330 valence electrons. The first-order chi connectivity index (χ1) is 27.3. The predicted molar refractivity (Wildman–Crippen MR) is 199 cm³/mol. The van der Waals surface area contributed by atoms with Gasteiger partial charge in [-0.3, -0.25) is 4.79 Å². The van der Waals surface area contributed by atoms with E-state index >= 15 is 0 Å². The Labute approximate surface area is 332 Å². The Morgan fingerprint density at radius 2 is 1.07 bits per heavy atom. The Morgan fingerprint density at radius 3 is 1.58 bits per heavy atom. The summed E-state index contributed by atoms with van der Waals surface area (Å²) < 4.78 is 33.5. The van der Waals surface area contributed by atoms with Gasteiger partial charge in [-0.05, 0) is 32.1 Å². The van der Waals surface area contributed by atoms with Gasteiger partial charge < -0.3 is 89.9 Å². The van der Waals surface area contributed by atoms with Gasteiger partial charge in [0.15, 0.2) is 18.9 Å². The van der Waals surface area contributed by atoms with Crippen LogP contribution in [0.5, 0.6) is 0 Å². The summed E-state index contributed by atoms with van der Waals surface area (Å²) in [5, 5.41) is 118. The third-order valence-electron chi connectivity index (χ3n) is 9.98. The van der Waals surface area contributed by atoms with Gasteiger partial charge >= 0.3 is 0 Å². The summed E-state index contributed by atoms with van der Waals surface area (Å²) >= 11 is 0. The summed E-state index contributed by atoms with van der Waals surface area (Å²) in [4.78, 5) is 12.3. The molecule has 19 heteroatoms. The van der Waals surface area contributed by atoms with Gasteiger partial charge in [-0.1, -0.05) is 63.1 Å². The maximum Gasteiger partial charge on any atom is 0.220 e. The fraction of sp³-hybridized carbons (Fsp3) is 0.816. The van der Waals surface area contributed by atoms with Crippen molar-refractivity contribution in [3.8, 4) is 0 Å². The van der Waals surface area contributed by atoms with Crippen LogP contribution in [0.25, 0.3) is 0 Å². The summed E-state index contributed by atoms with van der Waals surface area (Å²) in [7, 11) is 0. The van der Waals surface area contributed by atoms with Crippen LogP contribution in [-0.4, -0.2) is 193 Å². The molecule has 3 aliphatic heterocycles. The van der Waals surface area contributed by atoms with Crippen molar-refractivity contribution in [2.45, 2.75) is 169 Å². The number of hydrogen-bond acceptors (Lipinski definition) is 18. The van der Waals surface area contributed by atoms with Crippen LogP contribution < -0.4 is 5.32 Å². The van der Waals surface area contributed by atoms with Gasteiger partial charge in [-0.15, -0.1) is 0 Å².